The van der Waals surface area contributed by atoms with Gasteiger partial charge in [0.1, 0.15) is 5.75 Å². The molecule has 2 heterocycles. The summed E-state index contributed by atoms with van der Waals surface area (Å²) in [5, 5.41) is 3.50. The standard InChI is InChI=1S/C18H23N3O.ClH/c1-14-3-4-18(22-2)16(11-14)13-21-10-9-20-12-17(21)15-5-7-19-8-6-15;/h3-8,11,17,20H,9-10,12-13H2,1-2H3;1H. The van der Waals surface area contributed by atoms with Gasteiger partial charge in [0, 0.05) is 50.2 Å². The van der Waals surface area contributed by atoms with Gasteiger partial charge in [-0.1, -0.05) is 17.7 Å². The Bertz CT molecular complexity index is 621. The van der Waals surface area contributed by atoms with Crippen molar-refractivity contribution in [3.8, 4) is 5.75 Å². The molecule has 1 saturated heterocycles. The first-order chi connectivity index (χ1) is 10.8. The zero-order valence-electron chi connectivity index (χ0n) is 13.7. The van der Waals surface area contributed by atoms with Gasteiger partial charge in [0.2, 0.25) is 0 Å². The van der Waals surface area contributed by atoms with Crippen LogP contribution in [-0.4, -0.2) is 36.6 Å². The zero-order valence-corrected chi connectivity index (χ0v) is 14.5. The maximum Gasteiger partial charge on any atom is 0.123 e. The number of hydrogen-bond donors (Lipinski definition) is 1. The van der Waals surface area contributed by atoms with E-state index in [9.17, 15) is 0 Å². The fourth-order valence-electron chi connectivity index (χ4n) is 3.10. The SMILES string of the molecule is COc1ccc(C)cc1CN1CCNCC1c1ccncc1.Cl. The lowest BCUT2D eigenvalue weighted by Gasteiger charge is -2.36. The number of ether oxygens (including phenoxy) is 1. The van der Waals surface area contributed by atoms with Crippen LogP contribution in [-0.2, 0) is 6.54 Å². The van der Waals surface area contributed by atoms with E-state index in [1.54, 1.807) is 7.11 Å². The third-order valence-corrected chi connectivity index (χ3v) is 4.25. The minimum absolute atomic E-state index is 0. The Labute approximate surface area is 144 Å². The molecule has 1 aromatic carbocycles. The molecule has 1 fully saturated rings. The number of aryl methyl sites for hydroxylation is 1. The van der Waals surface area contributed by atoms with Crippen LogP contribution in [0, 0.1) is 6.92 Å². The van der Waals surface area contributed by atoms with Crippen molar-refractivity contribution in [1.29, 1.82) is 0 Å². The molecule has 2 aromatic rings. The van der Waals surface area contributed by atoms with Gasteiger partial charge in [-0.2, -0.15) is 0 Å². The first-order valence-corrected chi connectivity index (χ1v) is 7.76. The summed E-state index contributed by atoms with van der Waals surface area (Å²) in [7, 11) is 1.74. The van der Waals surface area contributed by atoms with E-state index in [0.717, 1.165) is 31.9 Å². The van der Waals surface area contributed by atoms with Crippen molar-refractivity contribution in [2.45, 2.75) is 19.5 Å². The van der Waals surface area contributed by atoms with Crippen LogP contribution in [0.1, 0.15) is 22.7 Å². The first kappa shape index (κ1) is 17.7. The lowest BCUT2D eigenvalue weighted by atomic mass is 10.0. The summed E-state index contributed by atoms with van der Waals surface area (Å²) in [4.78, 5) is 6.65. The maximum absolute atomic E-state index is 5.53. The van der Waals surface area contributed by atoms with Crippen LogP contribution >= 0.6 is 12.4 Å². The number of benzene rings is 1. The molecule has 1 N–H and O–H groups in total. The Morgan fingerprint density at radius 3 is 2.78 bits per heavy atom. The summed E-state index contributed by atoms with van der Waals surface area (Å²) in [6.07, 6.45) is 3.74. The molecule has 3 rings (SSSR count). The van der Waals surface area contributed by atoms with Crippen LogP contribution < -0.4 is 10.1 Å². The van der Waals surface area contributed by atoms with Gasteiger partial charge in [0.05, 0.1) is 7.11 Å². The number of nitrogens with one attached hydrogen (secondary N) is 1. The van der Waals surface area contributed by atoms with Gasteiger partial charge in [-0.25, -0.2) is 0 Å². The number of nitrogens with zero attached hydrogens (tertiary/aromatic N) is 2. The molecular formula is C18H24ClN3O. The van der Waals surface area contributed by atoms with E-state index < -0.39 is 0 Å². The summed E-state index contributed by atoms with van der Waals surface area (Å²) in [6.45, 7) is 6.05. The molecule has 1 aliphatic rings. The molecule has 0 spiro atoms. The highest BCUT2D eigenvalue weighted by molar-refractivity contribution is 5.85. The fourth-order valence-corrected chi connectivity index (χ4v) is 3.10. The molecule has 124 valence electrons. The summed E-state index contributed by atoms with van der Waals surface area (Å²) in [5.41, 5.74) is 3.84. The summed E-state index contributed by atoms with van der Waals surface area (Å²) < 4.78 is 5.53. The first-order valence-electron chi connectivity index (χ1n) is 7.76. The molecule has 1 atom stereocenters. The average molecular weight is 334 g/mol. The number of piperazine rings is 1. The smallest absolute Gasteiger partial charge is 0.123 e. The molecule has 1 unspecified atom stereocenters. The highest BCUT2D eigenvalue weighted by atomic mass is 35.5. The Morgan fingerprint density at radius 1 is 1.26 bits per heavy atom. The Balaban J connectivity index is 0.00000192. The Kier molecular flexibility index (Phi) is 6.39. The van der Waals surface area contributed by atoms with Gasteiger partial charge in [-0.15, -0.1) is 12.4 Å². The van der Waals surface area contributed by atoms with Crippen LogP contribution in [0.15, 0.2) is 42.7 Å². The zero-order chi connectivity index (χ0) is 15.4. The molecule has 0 aliphatic carbocycles. The van der Waals surface area contributed by atoms with Crippen molar-refractivity contribution in [2.75, 3.05) is 26.7 Å². The van der Waals surface area contributed by atoms with Gasteiger partial charge in [0.15, 0.2) is 0 Å². The summed E-state index contributed by atoms with van der Waals surface area (Å²) in [6, 6.07) is 11.0. The number of rotatable bonds is 4. The second-order valence-corrected chi connectivity index (χ2v) is 5.79. The largest absolute Gasteiger partial charge is 0.496 e. The predicted molar refractivity (Wildman–Crippen MR) is 95.2 cm³/mol. The predicted octanol–water partition coefficient (Wildman–Crippen LogP) is 2.97. The second kappa shape index (κ2) is 8.29. The molecule has 0 radical (unpaired) electrons. The van der Waals surface area contributed by atoms with Crippen LogP contribution in [0.4, 0.5) is 0 Å². The van der Waals surface area contributed by atoms with Crippen LogP contribution in [0.25, 0.3) is 0 Å². The highest BCUT2D eigenvalue weighted by Gasteiger charge is 2.24. The van der Waals surface area contributed by atoms with E-state index >= 15 is 0 Å². The van der Waals surface area contributed by atoms with Crippen molar-refractivity contribution < 1.29 is 4.74 Å². The van der Waals surface area contributed by atoms with E-state index in [4.69, 9.17) is 4.74 Å². The van der Waals surface area contributed by atoms with Gasteiger partial charge >= 0.3 is 0 Å². The van der Waals surface area contributed by atoms with Crippen molar-refractivity contribution in [1.82, 2.24) is 15.2 Å². The topological polar surface area (TPSA) is 37.4 Å². The van der Waals surface area contributed by atoms with E-state index in [-0.39, 0.29) is 12.4 Å². The molecule has 4 nitrogen and oxygen atoms in total. The van der Waals surface area contributed by atoms with Crippen molar-refractivity contribution in [2.24, 2.45) is 0 Å². The highest BCUT2D eigenvalue weighted by Crippen LogP contribution is 2.27. The number of halogens is 1. The number of aromatic nitrogens is 1. The molecular weight excluding hydrogens is 310 g/mol. The molecule has 0 bridgehead atoms. The third kappa shape index (κ3) is 4.22. The molecule has 23 heavy (non-hydrogen) atoms. The minimum atomic E-state index is 0. The lowest BCUT2D eigenvalue weighted by Crippen LogP contribution is -2.45. The molecule has 0 saturated carbocycles. The molecule has 1 aliphatic heterocycles. The van der Waals surface area contributed by atoms with Gasteiger partial charge in [0.25, 0.3) is 0 Å². The third-order valence-electron chi connectivity index (χ3n) is 4.25. The van der Waals surface area contributed by atoms with Crippen molar-refractivity contribution in [3.05, 3.63) is 59.4 Å². The fraction of sp³-hybridized carbons (Fsp3) is 0.389. The molecule has 5 heteroatoms. The molecule has 1 aromatic heterocycles. The van der Waals surface area contributed by atoms with Gasteiger partial charge in [-0.05, 0) is 30.7 Å². The van der Waals surface area contributed by atoms with Crippen molar-refractivity contribution >= 4 is 12.4 Å². The normalized spacial score (nSPS) is 18.3. The van der Waals surface area contributed by atoms with Gasteiger partial charge < -0.3 is 10.1 Å². The number of pyridine rings is 1. The Hall–Kier alpha value is -1.62. The van der Waals surface area contributed by atoms with Gasteiger partial charge in [-0.3, -0.25) is 9.88 Å². The number of methoxy groups -OCH3 is 1. The van der Waals surface area contributed by atoms with Crippen LogP contribution in [0.5, 0.6) is 5.75 Å². The lowest BCUT2D eigenvalue weighted by molar-refractivity contribution is 0.152. The monoisotopic (exact) mass is 333 g/mol. The number of hydrogen-bond acceptors (Lipinski definition) is 4. The van der Waals surface area contributed by atoms with Crippen LogP contribution in [0.2, 0.25) is 0 Å². The van der Waals surface area contributed by atoms with Crippen LogP contribution in [0.3, 0.4) is 0 Å². The quantitative estimate of drug-likeness (QED) is 0.933. The van der Waals surface area contributed by atoms with E-state index in [0.29, 0.717) is 6.04 Å². The van der Waals surface area contributed by atoms with Crippen molar-refractivity contribution in [3.63, 3.8) is 0 Å². The van der Waals surface area contributed by atoms with E-state index in [1.165, 1.54) is 16.7 Å². The Morgan fingerprint density at radius 2 is 2.04 bits per heavy atom. The second-order valence-electron chi connectivity index (χ2n) is 5.79. The maximum atomic E-state index is 5.53. The molecule has 0 amide bonds. The summed E-state index contributed by atoms with van der Waals surface area (Å²) >= 11 is 0. The van der Waals surface area contributed by atoms with E-state index in [1.807, 2.05) is 12.4 Å². The summed E-state index contributed by atoms with van der Waals surface area (Å²) in [5.74, 6) is 0.970. The van der Waals surface area contributed by atoms with E-state index in [2.05, 4.69) is 52.5 Å². The minimum Gasteiger partial charge on any atom is -0.496 e. The average Bonchev–Trinajstić information content (AvgIpc) is 2.56.